The highest BCUT2D eigenvalue weighted by molar-refractivity contribution is 6.30. The van der Waals surface area contributed by atoms with Gasteiger partial charge in [0.15, 0.2) is 11.6 Å². The van der Waals surface area contributed by atoms with Crippen LogP contribution in [0, 0.1) is 12.7 Å². The average molecular weight is 367 g/mol. The van der Waals surface area contributed by atoms with Crippen LogP contribution in [-0.2, 0) is 6.42 Å². The minimum atomic E-state index is -0.313. The van der Waals surface area contributed by atoms with E-state index in [0.717, 1.165) is 17.0 Å². The molecule has 2 aromatic heterocycles. The van der Waals surface area contributed by atoms with Gasteiger partial charge in [-0.15, -0.1) is 0 Å². The molecule has 26 heavy (non-hydrogen) atoms. The minimum Gasteiger partial charge on any atom is -0.453 e. The summed E-state index contributed by atoms with van der Waals surface area (Å²) in [5, 5.41) is 0.712. The molecule has 3 nitrogen and oxygen atoms in total. The quantitative estimate of drug-likeness (QED) is 0.479. The molecule has 2 heterocycles. The molecule has 0 amide bonds. The number of halogens is 2. The molecule has 0 spiro atoms. The molecule has 130 valence electrons. The molecule has 2 aromatic carbocycles. The van der Waals surface area contributed by atoms with Crippen LogP contribution in [0.25, 0.3) is 22.9 Å². The lowest BCUT2D eigenvalue weighted by Crippen LogP contribution is -1.90. The number of aryl methyl sites for hydroxylation is 1. The van der Waals surface area contributed by atoms with Crippen LogP contribution in [0.2, 0.25) is 5.02 Å². The van der Waals surface area contributed by atoms with Gasteiger partial charge < -0.3 is 9.40 Å². The number of aromatic amines is 1. The van der Waals surface area contributed by atoms with Gasteiger partial charge in [0.25, 0.3) is 0 Å². The highest BCUT2D eigenvalue weighted by Gasteiger charge is 2.14. The van der Waals surface area contributed by atoms with E-state index >= 15 is 0 Å². The summed E-state index contributed by atoms with van der Waals surface area (Å²) in [6.45, 7) is 1.97. The van der Waals surface area contributed by atoms with Crippen molar-refractivity contribution >= 4 is 11.6 Å². The third-order valence-corrected chi connectivity index (χ3v) is 4.50. The summed E-state index contributed by atoms with van der Waals surface area (Å²) < 4.78 is 19.8. The highest BCUT2D eigenvalue weighted by atomic mass is 35.5. The summed E-state index contributed by atoms with van der Waals surface area (Å²) in [6.07, 6.45) is 0.695. The molecular formula is C21H16ClFN2O. The molecule has 0 saturated heterocycles. The van der Waals surface area contributed by atoms with Gasteiger partial charge >= 0.3 is 0 Å². The van der Waals surface area contributed by atoms with Crippen LogP contribution in [-0.4, -0.2) is 9.97 Å². The summed E-state index contributed by atoms with van der Waals surface area (Å²) in [5.41, 5.74) is 3.47. The third-order valence-electron chi connectivity index (χ3n) is 4.25. The first-order chi connectivity index (χ1) is 12.6. The molecule has 0 aliphatic heterocycles. The fourth-order valence-corrected chi connectivity index (χ4v) is 2.98. The summed E-state index contributed by atoms with van der Waals surface area (Å²) >= 11 is 5.93. The van der Waals surface area contributed by atoms with Crippen molar-refractivity contribution < 1.29 is 8.81 Å². The lowest BCUT2D eigenvalue weighted by Gasteiger charge is -1.99. The smallest absolute Gasteiger partial charge is 0.174 e. The van der Waals surface area contributed by atoms with Crippen LogP contribution in [0.3, 0.4) is 0 Å². The van der Waals surface area contributed by atoms with Crippen molar-refractivity contribution in [1.82, 2.24) is 9.97 Å². The van der Waals surface area contributed by atoms with Crippen LogP contribution in [0.15, 0.2) is 65.1 Å². The van der Waals surface area contributed by atoms with Gasteiger partial charge in [0.05, 0.1) is 11.3 Å². The van der Waals surface area contributed by atoms with Crippen LogP contribution in [0.1, 0.15) is 17.0 Å². The number of benzene rings is 2. The monoisotopic (exact) mass is 366 g/mol. The zero-order valence-corrected chi connectivity index (χ0v) is 14.8. The lowest BCUT2D eigenvalue weighted by molar-refractivity contribution is 0.578. The maximum Gasteiger partial charge on any atom is 0.174 e. The second-order valence-electron chi connectivity index (χ2n) is 6.10. The van der Waals surface area contributed by atoms with E-state index in [0.29, 0.717) is 34.4 Å². The Morgan fingerprint density at radius 1 is 1.00 bits per heavy atom. The standard InChI is InChI=1S/C21H16ClFN2O/c1-13-18(12-14-6-8-15(22)9-7-14)25-21(24-13)20-11-10-19(26-20)16-4-2-3-5-17(16)23/h2-11H,12H2,1H3,(H,24,25). The molecule has 0 radical (unpaired) electrons. The van der Waals surface area contributed by atoms with E-state index in [1.807, 2.05) is 31.2 Å². The van der Waals surface area contributed by atoms with E-state index in [2.05, 4.69) is 9.97 Å². The number of hydrogen-bond donors (Lipinski definition) is 1. The molecule has 0 bridgehead atoms. The van der Waals surface area contributed by atoms with E-state index in [1.54, 1.807) is 30.3 Å². The van der Waals surface area contributed by atoms with Crippen molar-refractivity contribution in [3.8, 4) is 22.9 Å². The van der Waals surface area contributed by atoms with Crippen molar-refractivity contribution in [2.45, 2.75) is 13.3 Å². The largest absolute Gasteiger partial charge is 0.453 e. The number of nitrogens with zero attached hydrogens (tertiary/aromatic N) is 1. The first-order valence-corrected chi connectivity index (χ1v) is 8.63. The number of imidazole rings is 1. The molecule has 1 N–H and O–H groups in total. The zero-order valence-electron chi connectivity index (χ0n) is 14.1. The van der Waals surface area contributed by atoms with E-state index < -0.39 is 0 Å². The van der Waals surface area contributed by atoms with Gasteiger partial charge in [-0.25, -0.2) is 9.37 Å². The number of rotatable bonds is 4. The Bertz CT molecular complexity index is 1050. The van der Waals surface area contributed by atoms with E-state index in [-0.39, 0.29) is 5.82 Å². The maximum absolute atomic E-state index is 13.9. The predicted molar refractivity (Wildman–Crippen MR) is 101 cm³/mol. The van der Waals surface area contributed by atoms with Crippen molar-refractivity contribution in [2.75, 3.05) is 0 Å². The third kappa shape index (κ3) is 3.28. The maximum atomic E-state index is 13.9. The Labute approximate surface area is 155 Å². The van der Waals surface area contributed by atoms with Gasteiger partial charge in [-0.05, 0) is 48.9 Å². The van der Waals surface area contributed by atoms with Crippen molar-refractivity contribution in [2.24, 2.45) is 0 Å². The van der Waals surface area contributed by atoms with Crippen LogP contribution in [0.4, 0.5) is 4.39 Å². The molecule has 0 saturated carbocycles. The second kappa shape index (κ2) is 6.81. The van der Waals surface area contributed by atoms with Crippen molar-refractivity contribution in [3.63, 3.8) is 0 Å². The molecule has 0 aliphatic rings. The normalized spacial score (nSPS) is 11.0. The minimum absolute atomic E-state index is 0.313. The number of hydrogen-bond acceptors (Lipinski definition) is 2. The Balaban J connectivity index is 1.61. The van der Waals surface area contributed by atoms with E-state index in [9.17, 15) is 4.39 Å². The molecule has 5 heteroatoms. The number of H-pyrrole nitrogens is 1. The topological polar surface area (TPSA) is 41.8 Å². The van der Waals surface area contributed by atoms with Crippen molar-refractivity contribution in [3.05, 3.63) is 88.5 Å². The molecule has 0 fully saturated rings. The van der Waals surface area contributed by atoms with Crippen LogP contribution in [0.5, 0.6) is 0 Å². The van der Waals surface area contributed by atoms with Crippen LogP contribution >= 0.6 is 11.6 Å². The summed E-state index contributed by atoms with van der Waals surface area (Å²) in [4.78, 5) is 7.90. The molecule has 0 atom stereocenters. The first kappa shape index (κ1) is 16.6. The first-order valence-electron chi connectivity index (χ1n) is 8.25. The molecule has 4 aromatic rings. The number of nitrogens with one attached hydrogen (secondary N) is 1. The summed E-state index contributed by atoms with van der Waals surface area (Å²) in [7, 11) is 0. The fraction of sp³-hybridized carbons (Fsp3) is 0.0952. The molecule has 4 rings (SSSR count). The Morgan fingerprint density at radius 2 is 1.73 bits per heavy atom. The second-order valence-corrected chi connectivity index (χ2v) is 6.54. The summed E-state index contributed by atoms with van der Waals surface area (Å²) in [5.74, 6) is 1.38. The van der Waals surface area contributed by atoms with Gasteiger partial charge in [-0.1, -0.05) is 35.9 Å². The molecule has 0 unspecified atom stereocenters. The van der Waals surface area contributed by atoms with E-state index in [1.165, 1.54) is 6.07 Å². The predicted octanol–water partition coefficient (Wildman–Crippen LogP) is 6.03. The SMILES string of the molecule is Cc1[nH]c(-c2ccc(-c3ccccc3F)o2)nc1Cc1ccc(Cl)cc1. The number of aromatic nitrogens is 2. The zero-order chi connectivity index (χ0) is 18.1. The van der Waals surface area contributed by atoms with Gasteiger partial charge in [-0.2, -0.15) is 0 Å². The number of furan rings is 1. The Hall–Kier alpha value is -2.85. The highest BCUT2D eigenvalue weighted by Crippen LogP contribution is 2.29. The Kier molecular flexibility index (Phi) is 4.35. The van der Waals surface area contributed by atoms with E-state index in [4.69, 9.17) is 16.0 Å². The fourth-order valence-electron chi connectivity index (χ4n) is 2.85. The molecule has 0 aliphatic carbocycles. The van der Waals surface area contributed by atoms with Gasteiger partial charge in [0, 0.05) is 17.1 Å². The van der Waals surface area contributed by atoms with Gasteiger partial charge in [-0.3, -0.25) is 0 Å². The van der Waals surface area contributed by atoms with Crippen molar-refractivity contribution in [1.29, 1.82) is 0 Å². The van der Waals surface area contributed by atoms with Gasteiger partial charge in [0.2, 0.25) is 0 Å². The molecular weight excluding hydrogens is 351 g/mol. The summed E-state index contributed by atoms with van der Waals surface area (Å²) in [6, 6.07) is 17.8. The Morgan fingerprint density at radius 3 is 2.50 bits per heavy atom. The van der Waals surface area contributed by atoms with Crippen LogP contribution < -0.4 is 0 Å². The average Bonchev–Trinajstić information content (AvgIpc) is 3.25. The van der Waals surface area contributed by atoms with Gasteiger partial charge in [0.1, 0.15) is 11.6 Å². The lowest BCUT2D eigenvalue weighted by atomic mass is 10.1.